The molecule has 12 heteroatoms. The van der Waals surface area contributed by atoms with E-state index in [4.69, 9.17) is 0 Å². The Morgan fingerprint density at radius 3 is 2.67 bits per heavy atom. The molecule has 39 heavy (non-hydrogen) atoms. The number of aliphatic hydroxyl groups is 1. The lowest BCUT2D eigenvalue weighted by Gasteiger charge is -2.37. The first kappa shape index (κ1) is 26.3. The predicted molar refractivity (Wildman–Crippen MR) is 151 cm³/mol. The monoisotopic (exact) mass is 612 g/mol. The van der Waals surface area contributed by atoms with Gasteiger partial charge in [-0.25, -0.2) is 4.68 Å². The molecule has 3 unspecified atom stereocenters. The number of alkyl halides is 1. The van der Waals surface area contributed by atoms with Crippen LogP contribution >= 0.6 is 27.7 Å². The van der Waals surface area contributed by atoms with Crippen LogP contribution in [0.5, 0.6) is 0 Å². The van der Waals surface area contributed by atoms with Gasteiger partial charge in [-0.1, -0.05) is 58.4 Å². The number of hydrogen-bond donors (Lipinski definition) is 3. The number of nitrogens with one attached hydrogen (secondary N) is 2. The van der Waals surface area contributed by atoms with Crippen LogP contribution in [-0.2, 0) is 21.1 Å². The minimum absolute atomic E-state index is 0.0400. The van der Waals surface area contributed by atoms with Gasteiger partial charge in [0.25, 0.3) is 0 Å². The molecule has 6 rings (SSSR count). The number of aliphatic hydroxyl groups excluding tert-OH is 1. The molecule has 1 aromatic heterocycles. The van der Waals surface area contributed by atoms with Crippen LogP contribution < -0.4 is 10.6 Å². The number of nitrogens with zero attached hydrogens (tertiary/aromatic N) is 4. The minimum atomic E-state index is -0.841. The molecule has 3 amide bonds. The molecule has 10 nitrogen and oxygen atoms in total. The van der Waals surface area contributed by atoms with E-state index >= 15 is 0 Å². The molecule has 3 N–H and O–H groups in total. The average Bonchev–Trinajstić information content (AvgIpc) is 3.66. The van der Waals surface area contributed by atoms with E-state index < -0.39 is 28.7 Å². The summed E-state index contributed by atoms with van der Waals surface area (Å²) < 4.78 is 0.807. The van der Waals surface area contributed by atoms with Crippen LogP contribution in [0, 0.1) is 11.8 Å². The molecule has 3 aromatic rings. The summed E-state index contributed by atoms with van der Waals surface area (Å²) in [6, 6.07) is 15.3. The zero-order chi connectivity index (χ0) is 27.3. The molecule has 7 atom stereocenters. The maximum absolute atomic E-state index is 14.1. The van der Waals surface area contributed by atoms with Crippen molar-refractivity contribution in [3.63, 3.8) is 0 Å². The number of hydrogen-bond acceptors (Lipinski definition) is 7. The van der Waals surface area contributed by atoms with E-state index in [9.17, 15) is 19.5 Å². The lowest BCUT2D eigenvalue weighted by atomic mass is 9.70. The number of halogens is 1. The topological polar surface area (TPSA) is 129 Å². The quantitative estimate of drug-likeness (QED) is 0.333. The number of anilines is 1. The van der Waals surface area contributed by atoms with Crippen molar-refractivity contribution in [2.45, 2.75) is 53.3 Å². The lowest BCUT2D eigenvalue weighted by molar-refractivity contribution is -0.142. The molecule has 4 heterocycles. The van der Waals surface area contributed by atoms with E-state index in [1.165, 1.54) is 0 Å². The average molecular weight is 614 g/mol. The number of fused-ring (bicyclic) bond motifs is 2. The van der Waals surface area contributed by atoms with Crippen LogP contribution in [-0.4, -0.2) is 76.2 Å². The van der Waals surface area contributed by atoms with Gasteiger partial charge >= 0.3 is 0 Å². The van der Waals surface area contributed by atoms with Gasteiger partial charge in [0.15, 0.2) is 0 Å². The number of rotatable bonds is 8. The van der Waals surface area contributed by atoms with Gasteiger partial charge in [-0.15, -0.1) is 16.9 Å². The molecular weight excluding hydrogens is 584 g/mol. The standard InChI is InChI=1S/C27H29BrN6O4S/c1-2-16(13-35)34-23(25(37)29-14-33-19-11-7-6-10-18(19)31-32-33)27-12-17(28)22(39-27)20(21(27)26(34)38)24(36)30-15-8-4-3-5-9-15/h3-11,16-17,20-23,35H,2,12-14H2,1H3,(H,29,37)(H,30,36)/t16-,17?,20-,21-,22-,23?,27?/m0/s1. The summed E-state index contributed by atoms with van der Waals surface area (Å²) in [7, 11) is 0. The summed E-state index contributed by atoms with van der Waals surface area (Å²) in [5.41, 5.74) is 2.16. The van der Waals surface area contributed by atoms with Crippen LogP contribution in [0.1, 0.15) is 19.8 Å². The second-order valence-corrected chi connectivity index (χ2v) is 13.0. The van der Waals surface area contributed by atoms with Crippen molar-refractivity contribution in [2.24, 2.45) is 11.8 Å². The Balaban J connectivity index is 1.33. The molecule has 3 aliphatic rings. The van der Waals surface area contributed by atoms with E-state index in [0.717, 1.165) is 5.52 Å². The molecule has 0 saturated carbocycles. The highest BCUT2D eigenvalue weighted by Gasteiger charge is 2.76. The van der Waals surface area contributed by atoms with E-state index in [2.05, 4.69) is 36.9 Å². The fourth-order valence-corrected chi connectivity index (χ4v) is 10.1. The van der Waals surface area contributed by atoms with Crippen molar-refractivity contribution in [1.29, 1.82) is 0 Å². The fraction of sp³-hybridized carbons (Fsp3) is 0.444. The van der Waals surface area contributed by atoms with Crippen LogP contribution in [0.15, 0.2) is 54.6 Å². The molecule has 3 fully saturated rings. The first-order valence-electron chi connectivity index (χ1n) is 13.1. The summed E-state index contributed by atoms with van der Waals surface area (Å²) in [6.45, 7) is 1.70. The van der Waals surface area contributed by atoms with Gasteiger partial charge in [-0.2, -0.15) is 0 Å². The van der Waals surface area contributed by atoms with Crippen molar-refractivity contribution in [1.82, 2.24) is 25.2 Å². The number of carbonyl (C=O) groups excluding carboxylic acids is 3. The van der Waals surface area contributed by atoms with Crippen LogP contribution in [0.25, 0.3) is 11.0 Å². The molecule has 204 valence electrons. The maximum Gasteiger partial charge on any atom is 0.245 e. The third-order valence-electron chi connectivity index (χ3n) is 8.22. The molecule has 0 aliphatic carbocycles. The summed E-state index contributed by atoms with van der Waals surface area (Å²) in [6.07, 6.45) is 1.05. The Kier molecular flexibility index (Phi) is 6.88. The van der Waals surface area contributed by atoms with Gasteiger partial charge < -0.3 is 20.6 Å². The Hall–Kier alpha value is -2.96. The minimum Gasteiger partial charge on any atom is -0.394 e. The third kappa shape index (κ3) is 4.15. The fourth-order valence-electron chi connectivity index (χ4n) is 6.50. The third-order valence-corrected chi connectivity index (χ3v) is 11.4. The molecule has 0 radical (unpaired) electrons. The zero-order valence-corrected chi connectivity index (χ0v) is 23.6. The van der Waals surface area contributed by atoms with Crippen LogP contribution in [0.3, 0.4) is 0 Å². The smallest absolute Gasteiger partial charge is 0.245 e. The first-order valence-corrected chi connectivity index (χ1v) is 14.9. The van der Waals surface area contributed by atoms with Gasteiger partial charge in [0.2, 0.25) is 17.7 Å². The highest BCUT2D eigenvalue weighted by molar-refractivity contribution is 9.09. The number of likely N-dealkylation sites (tertiary alicyclic amines) is 1. The van der Waals surface area contributed by atoms with Crippen molar-refractivity contribution in [3.8, 4) is 0 Å². The van der Waals surface area contributed by atoms with Gasteiger partial charge in [-0.3, -0.25) is 14.4 Å². The Labute approximate surface area is 238 Å². The molecular formula is C27H29BrN6O4S. The summed E-state index contributed by atoms with van der Waals surface area (Å²) >= 11 is 5.34. The Morgan fingerprint density at radius 2 is 1.92 bits per heavy atom. The molecule has 1 spiro atoms. The zero-order valence-electron chi connectivity index (χ0n) is 21.2. The number of thioether (sulfide) groups is 1. The second kappa shape index (κ2) is 10.2. The largest absolute Gasteiger partial charge is 0.394 e. The van der Waals surface area contributed by atoms with E-state index in [1.54, 1.807) is 21.3 Å². The number of amides is 3. The van der Waals surface area contributed by atoms with Crippen LogP contribution in [0.2, 0.25) is 0 Å². The van der Waals surface area contributed by atoms with Gasteiger partial charge in [0.1, 0.15) is 18.2 Å². The molecule has 3 aliphatic heterocycles. The number of carbonyl (C=O) groups is 3. The van der Waals surface area contributed by atoms with Crippen molar-refractivity contribution in [2.75, 3.05) is 11.9 Å². The molecule has 2 aromatic carbocycles. The van der Waals surface area contributed by atoms with Gasteiger partial charge in [0, 0.05) is 15.8 Å². The number of aromatic nitrogens is 3. The number of benzene rings is 2. The summed E-state index contributed by atoms with van der Waals surface area (Å²) in [5, 5.41) is 24.3. The SMILES string of the molecule is CC[C@@H](CO)N1C(=O)[C@@H]2[C@H](C(=O)Nc3ccccc3)[C@H]3SC2(CC3Br)C1C(=O)NCn1nnc2ccccc21. The summed E-state index contributed by atoms with van der Waals surface area (Å²) in [5.74, 6) is -2.08. The maximum atomic E-state index is 14.1. The van der Waals surface area contributed by atoms with Crippen molar-refractivity contribution >= 4 is 62.1 Å². The predicted octanol–water partition coefficient (Wildman–Crippen LogP) is 2.38. The molecule has 2 bridgehead atoms. The second-order valence-electron chi connectivity index (χ2n) is 10.3. The normalized spacial score (nSPS) is 30.0. The van der Waals surface area contributed by atoms with Crippen molar-refractivity contribution < 1.29 is 19.5 Å². The summed E-state index contributed by atoms with van der Waals surface area (Å²) in [4.78, 5) is 43.3. The highest BCUT2D eigenvalue weighted by Crippen LogP contribution is 2.68. The number of para-hydroxylation sites is 2. The lowest BCUT2D eigenvalue weighted by Crippen LogP contribution is -2.57. The Bertz CT molecular complexity index is 1420. The van der Waals surface area contributed by atoms with Crippen LogP contribution in [0.4, 0.5) is 5.69 Å². The van der Waals surface area contributed by atoms with Gasteiger partial charge in [-0.05, 0) is 37.1 Å². The highest BCUT2D eigenvalue weighted by atomic mass is 79.9. The van der Waals surface area contributed by atoms with E-state index in [1.807, 2.05) is 61.5 Å². The first-order chi connectivity index (χ1) is 18.9. The molecule has 3 saturated heterocycles. The van der Waals surface area contributed by atoms with Crippen molar-refractivity contribution in [3.05, 3.63) is 54.6 Å². The van der Waals surface area contributed by atoms with E-state index in [-0.39, 0.29) is 41.1 Å². The Morgan fingerprint density at radius 1 is 1.18 bits per heavy atom. The van der Waals surface area contributed by atoms with Gasteiger partial charge in [0.05, 0.1) is 34.7 Å². The van der Waals surface area contributed by atoms with E-state index in [0.29, 0.717) is 24.0 Å².